The van der Waals surface area contributed by atoms with E-state index in [1.54, 1.807) is 23.0 Å². The lowest BCUT2D eigenvalue weighted by Gasteiger charge is -2.35. The molecule has 1 saturated heterocycles. The van der Waals surface area contributed by atoms with Gasteiger partial charge in [-0.2, -0.15) is 0 Å². The van der Waals surface area contributed by atoms with Crippen LogP contribution in [0.5, 0.6) is 5.75 Å². The Balaban J connectivity index is 1.42. The van der Waals surface area contributed by atoms with Crippen LogP contribution in [-0.4, -0.2) is 70.9 Å². The number of primary amides is 1. The molecule has 1 amide bonds. The van der Waals surface area contributed by atoms with Gasteiger partial charge in [-0.1, -0.05) is 37.5 Å². The molecule has 0 atom stereocenters. The van der Waals surface area contributed by atoms with Crippen molar-refractivity contribution in [1.29, 1.82) is 0 Å². The first kappa shape index (κ1) is 23.6. The second kappa shape index (κ2) is 11.0. The summed E-state index contributed by atoms with van der Waals surface area (Å²) < 4.78 is 13.4. The summed E-state index contributed by atoms with van der Waals surface area (Å²) in [5.74, 6) is 0.958. The van der Waals surface area contributed by atoms with Gasteiger partial charge in [-0.3, -0.25) is 9.69 Å². The van der Waals surface area contributed by atoms with Gasteiger partial charge in [0.25, 0.3) is 5.91 Å². The van der Waals surface area contributed by atoms with E-state index in [9.17, 15) is 4.79 Å². The van der Waals surface area contributed by atoms with Gasteiger partial charge in [-0.15, -0.1) is 5.10 Å². The predicted molar refractivity (Wildman–Crippen MR) is 134 cm³/mol. The zero-order valence-corrected chi connectivity index (χ0v) is 20.1. The maximum Gasteiger partial charge on any atom is 0.256 e. The monoisotopic (exact) mass is 478 g/mol. The highest BCUT2D eigenvalue weighted by atomic mass is 16.5. The van der Waals surface area contributed by atoms with Crippen LogP contribution in [0, 0.1) is 0 Å². The van der Waals surface area contributed by atoms with E-state index >= 15 is 0 Å². The minimum Gasteiger partial charge on any atom is -0.492 e. The van der Waals surface area contributed by atoms with Gasteiger partial charge in [-0.05, 0) is 25.0 Å². The standard InChI is InChI=1S/C26H34N6O3/c27-24(33)23-25-28-11-6-12-32(25)29-26(23)31(21-8-2-1-3-9-21)19-20-7-4-5-10-22(20)35-18-15-30-13-16-34-17-14-30/h4-7,10-12,21H,1-3,8-9,13-19H2,(H2,27,33). The summed E-state index contributed by atoms with van der Waals surface area (Å²) in [6, 6.07) is 10.2. The molecule has 0 bridgehead atoms. The number of rotatable bonds is 9. The largest absolute Gasteiger partial charge is 0.492 e. The molecule has 2 aromatic heterocycles. The van der Waals surface area contributed by atoms with Crippen LogP contribution in [0.15, 0.2) is 42.7 Å². The number of fused-ring (bicyclic) bond motifs is 1. The van der Waals surface area contributed by atoms with Crippen molar-refractivity contribution in [3.8, 4) is 5.75 Å². The summed E-state index contributed by atoms with van der Waals surface area (Å²) in [7, 11) is 0. The molecule has 9 heteroatoms. The van der Waals surface area contributed by atoms with E-state index in [0.717, 1.165) is 69.8 Å². The summed E-state index contributed by atoms with van der Waals surface area (Å²) in [6.07, 6.45) is 9.14. The van der Waals surface area contributed by atoms with E-state index in [4.69, 9.17) is 20.3 Å². The fourth-order valence-corrected chi connectivity index (χ4v) is 5.13. The van der Waals surface area contributed by atoms with Gasteiger partial charge in [0.1, 0.15) is 17.9 Å². The molecule has 1 saturated carbocycles. The zero-order valence-electron chi connectivity index (χ0n) is 20.1. The molecule has 1 aromatic carbocycles. The first-order valence-corrected chi connectivity index (χ1v) is 12.6. The third-order valence-electron chi connectivity index (χ3n) is 6.99. The molecule has 3 aromatic rings. The summed E-state index contributed by atoms with van der Waals surface area (Å²) >= 11 is 0. The highest BCUT2D eigenvalue weighted by Gasteiger charge is 2.30. The molecular formula is C26H34N6O3. The minimum atomic E-state index is -0.510. The van der Waals surface area contributed by atoms with Gasteiger partial charge in [0.2, 0.25) is 0 Å². The number of para-hydroxylation sites is 1. The Kier molecular flexibility index (Phi) is 7.44. The third-order valence-corrected chi connectivity index (χ3v) is 6.99. The van der Waals surface area contributed by atoms with E-state index in [-0.39, 0.29) is 6.04 Å². The Hall–Kier alpha value is -3.17. The number of hydrogen-bond acceptors (Lipinski definition) is 7. The van der Waals surface area contributed by atoms with E-state index in [0.29, 0.717) is 30.2 Å². The lowest BCUT2D eigenvalue weighted by Crippen LogP contribution is -2.39. The number of amides is 1. The molecule has 3 heterocycles. The SMILES string of the molecule is NC(=O)c1c(N(Cc2ccccc2OCCN2CCOCC2)C2CCCCC2)nn2cccnc12. The molecule has 2 aliphatic rings. The van der Waals surface area contributed by atoms with Crippen LogP contribution in [-0.2, 0) is 11.3 Å². The summed E-state index contributed by atoms with van der Waals surface area (Å²) in [5, 5.41) is 4.78. The lowest BCUT2D eigenvalue weighted by molar-refractivity contribution is 0.0322. The van der Waals surface area contributed by atoms with Gasteiger partial charge in [0.05, 0.1) is 13.2 Å². The number of ether oxygens (including phenoxy) is 2. The lowest BCUT2D eigenvalue weighted by atomic mass is 9.93. The van der Waals surface area contributed by atoms with Crippen LogP contribution in [0.2, 0.25) is 0 Å². The maximum absolute atomic E-state index is 12.6. The number of hydrogen-bond donors (Lipinski definition) is 1. The van der Waals surface area contributed by atoms with Crippen LogP contribution >= 0.6 is 0 Å². The normalized spacial score (nSPS) is 17.5. The van der Waals surface area contributed by atoms with Crippen LogP contribution in [0.25, 0.3) is 5.65 Å². The molecule has 0 unspecified atom stereocenters. The number of carbonyl (C=O) groups excluding carboxylic acids is 1. The van der Waals surface area contributed by atoms with Crippen molar-refractivity contribution < 1.29 is 14.3 Å². The summed E-state index contributed by atoms with van der Waals surface area (Å²) in [5.41, 5.74) is 7.79. The van der Waals surface area contributed by atoms with Gasteiger partial charge in [0, 0.05) is 50.2 Å². The van der Waals surface area contributed by atoms with Crippen molar-refractivity contribution in [3.63, 3.8) is 0 Å². The summed E-state index contributed by atoms with van der Waals surface area (Å²) in [4.78, 5) is 21.6. The number of benzene rings is 1. The molecule has 0 spiro atoms. The minimum absolute atomic E-state index is 0.271. The average molecular weight is 479 g/mol. The first-order chi connectivity index (χ1) is 17.2. The molecular weight excluding hydrogens is 444 g/mol. The van der Waals surface area contributed by atoms with E-state index in [2.05, 4.69) is 20.9 Å². The predicted octanol–water partition coefficient (Wildman–Crippen LogP) is 2.88. The highest BCUT2D eigenvalue weighted by Crippen LogP contribution is 2.33. The van der Waals surface area contributed by atoms with E-state index in [1.807, 2.05) is 18.2 Å². The second-order valence-electron chi connectivity index (χ2n) is 9.28. The first-order valence-electron chi connectivity index (χ1n) is 12.6. The average Bonchev–Trinajstić information content (AvgIpc) is 3.29. The number of nitrogens with zero attached hydrogens (tertiary/aromatic N) is 5. The van der Waals surface area contributed by atoms with Crippen molar-refractivity contribution in [2.75, 3.05) is 44.4 Å². The third kappa shape index (κ3) is 5.41. The Bertz CT molecular complexity index is 1140. The Labute approximate surface area is 205 Å². The van der Waals surface area contributed by atoms with Crippen LogP contribution in [0.1, 0.15) is 48.0 Å². The van der Waals surface area contributed by atoms with E-state index < -0.39 is 5.91 Å². The topological polar surface area (TPSA) is 98.2 Å². The molecule has 5 rings (SSSR count). The van der Waals surface area contributed by atoms with Gasteiger partial charge in [-0.25, -0.2) is 9.50 Å². The van der Waals surface area contributed by atoms with Crippen molar-refractivity contribution in [1.82, 2.24) is 19.5 Å². The van der Waals surface area contributed by atoms with Gasteiger partial charge >= 0.3 is 0 Å². The Morgan fingerprint density at radius 3 is 2.74 bits per heavy atom. The number of aromatic nitrogens is 3. The quantitative estimate of drug-likeness (QED) is 0.505. The van der Waals surface area contributed by atoms with Crippen molar-refractivity contribution in [2.24, 2.45) is 5.73 Å². The second-order valence-corrected chi connectivity index (χ2v) is 9.28. The Morgan fingerprint density at radius 1 is 1.14 bits per heavy atom. The molecule has 186 valence electrons. The molecule has 1 aliphatic carbocycles. The number of nitrogens with two attached hydrogens (primary N) is 1. The molecule has 0 radical (unpaired) electrons. The van der Waals surface area contributed by atoms with Crippen LogP contribution in [0.4, 0.5) is 5.82 Å². The highest BCUT2D eigenvalue weighted by molar-refractivity contribution is 6.03. The Morgan fingerprint density at radius 2 is 1.94 bits per heavy atom. The fourth-order valence-electron chi connectivity index (χ4n) is 5.13. The van der Waals surface area contributed by atoms with Crippen LogP contribution in [0.3, 0.4) is 0 Å². The molecule has 2 fully saturated rings. The maximum atomic E-state index is 12.6. The van der Waals surface area contributed by atoms with Gasteiger partial charge < -0.3 is 20.1 Å². The zero-order chi connectivity index (χ0) is 24.0. The fraction of sp³-hybridized carbons (Fsp3) is 0.500. The van der Waals surface area contributed by atoms with Crippen molar-refractivity contribution >= 4 is 17.4 Å². The summed E-state index contributed by atoms with van der Waals surface area (Å²) in [6.45, 7) is 5.52. The molecule has 35 heavy (non-hydrogen) atoms. The van der Waals surface area contributed by atoms with Crippen LogP contribution < -0.4 is 15.4 Å². The molecule has 2 N–H and O–H groups in total. The smallest absolute Gasteiger partial charge is 0.256 e. The van der Waals surface area contributed by atoms with Crippen molar-refractivity contribution in [3.05, 3.63) is 53.9 Å². The van der Waals surface area contributed by atoms with Crippen molar-refractivity contribution in [2.45, 2.75) is 44.7 Å². The van der Waals surface area contributed by atoms with Gasteiger partial charge in [0.15, 0.2) is 11.5 Å². The number of carbonyl (C=O) groups is 1. The number of morpholine rings is 1. The van der Waals surface area contributed by atoms with E-state index in [1.165, 1.54) is 6.42 Å². The molecule has 1 aliphatic heterocycles. The number of anilines is 1. The molecule has 9 nitrogen and oxygen atoms in total.